The van der Waals surface area contributed by atoms with Gasteiger partial charge in [0, 0.05) is 12.8 Å². The zero-order valence-corrected chi connectivity index (χ0v) is 30.0. The molecule has 0 spiro atoms. The lowest BCUT2D eigenvalue weighted by Gasteiger charge is -2.17. The fraction of sp³-hybridized carbons (Fsp3) is 0.950. The maximum absolute atomic E-state index is 12.4. The smallest absolute Gasteiger partial charge is 0.306 e. The van der Waals surface area contributed by atoms with E-state index >= 15 is 0 Å². The summed E-state index contributed by atoms with van der Waals surface area (Å²) < 4.78 is 5.74. The van der Waals surface area contributed by atoms with E-state index in [2.05, 4.69) is 13.8 Å². The molecular formula is C40H78O4. The molecule has 44 heavy (non-hydrogen) atoms. The van der Waals surface area contributed by atoms with E-state index in [1.165, 1.54) is 173 Å². The van der Waals surface area contributed by atoms with Gasteiger partial charge in [-0.3, -0.25) is 9.59 Å². The van der Waals surface area contributed by atoms with E-state index < -0.39 is 5.97 Å². The van der Waals surface area contributed by atoms with Crippen LogP contribution in [0.25, 0.3) is 0 Å². The summed E-state index contributed by atoms with van der Waals surface area (Å²) in [6.45, 7) is 4.56. The molecule has 262 valence electrons. The Balaban J connectivity index is 3.66. The number of hydrogen-bond donors (Lipinski definition) is 1. The quantitative estimate of drug-likeness (QED) is 0.0553. The molecule has 4 heteroatoms. The lowest BCUT2D eigenvalue weighted by Crippen LogP contribution is -2.19. The topological polar surface area (TPSA) is 63.6 Å². The fourth-order valence-corrected chi connectivity index (χ4v) is 6.35. The normalized spacial score (nSPS) is 12.0. The van der Waals surface area contributed by atoms with E-state index in [1.807, 2.05) is 0 Å². The van der Waals surface area contributed by atoms with Crippen LogP contribution in [0.15, 0.2) is 0 Å². The van der Waals surface area contributed by atoms with Gasteiger partial charge in [0.1, 0.15) is 6.10 Å². The Kier molecular flexibility index (Phi) is 35.5. The Morgan fingerprint density at radius 2 is 0.705 bits per heavy atom. The fourth-order valence-electron chi connectivity index (χ4n) is 6.35. The van der Waals surface area contributed by atoms with Gasteiger partial charge in [0.25, 0.3) is 0 Å². The van der Waals surface area contributed by atoms with Crippen LogP contribution in [0, 0.1) is 0 Å². The standard InChI is InChI=1S/C40H78O4/c1-3-5-7-9-11-13-15-17-19-20-21-23-25-27-29-31-33-35-40(43)44-38(36-37-39(41)42)34-32-30-28-26-24-22-18-16-14-12-10-8-6-4-2/h38H,3-37H2,1-2H3,(H,41,42). The molecule has 0 amide bonds. The first-order valence-electron chi connectivity index (χ1n) is 20.0. The number of carboxylic acids is 1. The van der Waals surface area contributed by atoms with E-state index in [9.17, 15) is 9.59 Å². The third kappa shape index (κ3) is 35.4. The van der Waals surface area contributed by atoms with Gasteiger partial charge in [0.05, 0.1) is 0 Å². The summed E-state index contributed by atoms with van der Waals surface area (Å²) in [7, 11) is 0. The number of carbonyl (C=O) groups is 2. The van der Waals surface area contributed by atoms with Crippen LogP contribution < -0.4 is 0 Å². The summed E-state index contributed by atoms with van der Waals surface area (Å²) in [6, 6.07) is 0. The van der Waals surface area contributed by atoms with Crippen LogP contribution in [0.1, 0.15) is 239 Å². The number of carbonyl (C=O) groups excluding carboxylic acids is 1. The van der Waals surface area contributed by atoms with Crippen molar-refractivity contribution < 1.29 is 19.4 Å². The lowest BCUT2D eigenvalue weighted by atomic mass is 10.0. The largest absolute Gasteiger partial charge is 0.481 e. The number of rotatable bonds is 37. The van der Waals surface area contributed by atoms with Crippen LogP contribution in [0.2, 0.25) is 0 Å². The van der Waals surface area contributed by atoms with Crippen molar-refractivity contribution in [2.24, 2.45) is 0 Å². The Bertz CT molecular complexity index is 590. The zero-order chi connectivity index (χ0) is 32.2. The minimum atomic E-state index is -0.805. The average Bonchev–Trinajstić information content (AvgIpc) is 3.01. The molecule has 0 bridgehead atoms. The van der Waals surface area contributed by atoms with Gasteiger partial charge in [0.2, 0.25) is 0 Å². The van der Waals surface area contributed by atoms with Gasteiger partial charge in [0.15, 0.2) is 0 Å². The van der Waals surface area contributed by atoms with Crippen LogP contribution in [0.3, 0.4) is 0 Å². The van der Waals surface area contributed by atoms with Crippen molar-refractivity contribution in [2.75, 3.05) is 0 Å². The van der Waals surface area contributed by atoms with E-state index in [-0.39, 0.29) is 18.5 Å². The van der Waals surface area contributed by atoms with Crippen LogP contribution in [-0.4, -0.2) is 23.1 Å². The molecule has 0 rings (SSSR count). The Morgan fingerprint density at radius 1 is 0.409 bits per heavy atom. The molecule has 0 fully saturated rings. The van der Waals surface area contributed by atoms with E-state index in [1.54, 1.807) is 0 Å². The maximum Gasteiger partial charge on any atom is 0.306 e. The van der Waals surface area contributed by atoms with Gasteiger partial charge >= 0.3 is 11.9 Å². The molecule has 0 aromatic rings. The van der Waals surface area contributed by atoms with Crippen molar-refractivity contribution in [3.8, 4) is 0 Å². The predicted octanol–water partition coefficient (Wildman–Crippen LogP) is 13.7. The van der Waals surface area contributed by atoms with Gasteiger partial charge in [-0.15, -0.1) is 0 Å². The van der Waals surface area contributed by atoms with Gasteiger partial charge in [-0.25, -0.2) is 0 Å². The molecule has 1 atom stereocenters. The third-order valence-corrected chi connectivity index (χ3v) is 9.34. The molecular weight excluding hydrogens is 544 g/mol. The predicted molar refractivity (Wildman–Crippen MR) is 190 cm³/mol. The molecule has 0 aliphatic carbocycles. The lowest BCUT2D eigenvalue weighted by molar-refractivity contribution is -0.151. The molecule has 0 saturated heterocycles. The first kappa shape index (κ1) is 42.9. The van der Waals surface area contributed by atoms with E-state index in [0.29, 0.717) is 12.8 Å². The Hall–Kier alpha value is -1.06. The van der Waals surface area contributed by atoms with Crippen LogP contribution >= 0.6 is 0 Å². The van der Waals surface area contributed by atoms with Crippen molar-refractivity contribution in [1.82, 2.24) is 0 Å². The van der Waals surface area contributed by atoms with Crippen LogP contribution in [0.4, 0.5) is 0 Å². The van der Waals surface area contributed by atoms with Crippen molar-refractivity contribution in [3.05, 3.63) is 0 Å². The molecule has 1 unspecified atom stereocenters. The van der Waals surface area contributed by atoms with Crippen molar-refractivity contribution in [2.45, 2.75) is 245 Å². The molecule has 1 N–H and O–H groups in total. The molecule has 0 radical (unpaired) electrons. The van der Waals surface area contributed by atoms with Gasteiger partial charge in [-0.2, -0.15) is 0 Å². The Morgan fingerprint density at radius 3 is 1.02 bits per heavy atom. The van der Waals surface area contributed by atoms with Crippen molar-refractivity contribution >= 4 is 11.9 Å². The summed E-state index contributed by atoms with van der Waals surface area (Å²) >= 11 is 0. The monoisotopic (exact) mass is 623 g/mol. The minimum Gasteiger partial charge on any atom is -0.481 e. The summed E-state index contributed by atoms with van der Waals surface area (Å²) in [6.07, 6.45) is 42.7. The highest BCUT2D eigenvalue weighted by Crippen LogP contribution is 2.18. The molecule has 0 aliphatic heterocycles. The van der Waals surface area contributed by atoms with Crippen molar-refractivity contribution in [3.63, 3.8) is 0 Å². The summed E-state index contributed by atoms with van der Waals surface area (Å²) in [5, 5.41) is 9.12. The zero-order valence-electron chi connectivity index (χ0n) is 30.0. The number of hydrogen-bond acceptors (Lipinski definition) is 3. The first-order chi connectivity index (χ1) is 21.6. The van der Waals surface area contributed by atoms with Gasteiger partial charge < -0.3 is 9.84 Å². The SMILES string of the molecule is CCCCCCCCCCCCCCCCCCCC(=O)OC(CCCCCCCCCCCCCCCC)CCC(=O)O. The summed E-state index contributed by atoms with van der Waals surface area (Å²) in [4.78, 5) is 23.5. The molecule has 0 aromatic carbocycles. The second-order valence-electron chi connectivity index (χ2n) is 13.8. The van der Waals surface area contributed by atoms with Gasteiger partial charge in [-0.05, 0) is 25.7 Å². The molecule has 0 aliphatic rings. The number of unbranched alkanes of at least 4 members (excludes halogenated alkanes) is 29. The molecule has 0 saturated carbocycles. The van der Waals surface area contributed by atoms with Crippen molar-refractivity contribution in [1.29, 1.82) is 0 Å². The van der Waals surface area contributed by atoms with E-state index in [0.717, 1.165) is 32.1 Å². The second-order valence-corrected chi connectivity index (χ2v) is 13.8. The molecule has 4 nitrogen and oxygen atoms in total. The molecule has 0 heterocycles. The highest BCUT2D eigenvalue weighted by atomic mass is 16.5. The van der Waals surface area contributed by atoms with E-state index in [4.69, 9.17) is 9.84 Å². The maximum atomic E-state index is 12.4. The third-order valence-electron chi connectivity index (χ3n) is 9.34. The molecule has 0 aromatic heterocycles. The highest BCUT2D eigenvalue weighted by molar-refractivity contribution is 5.69. The Labute approximate surface area is 275 Å². The summed E-state index contributed by atoms with van der Waals surface area (Å²) in [5.74, 6) is -0.938. The highest BCUT2D eigenvalue weighted by Gasteiger charge is 2.16. The number of ether oxygens (including phenoxy) is 1. The minimum absolute atomic E-state index is 0.0790. The average molecular weight is 623 g/mol. The number of aliphatic carboxylic acids is 1. The van der Waals surface area contributed by atoms with Crippen LogP contribution in [-0.2, 0) is 14.3 Å². The summed E-state index contributed by atoms with van der Waals surface area (Å²) in [5.41, 5.74) is 0. The number of carboxylic acid groups (broad SMARTS) is 1. The first-order valence-corrected chi connectivity index (χ1v) is 20.0. The number of esters is 1. The van der Waals surface area contributed by atoms with Gasteiger partial charge in [-0.1, -0.05) is 200 Å². The van der Waals surface area contributed by atoms with Crippen LogP contribution in [0.5, 0.6) is 0 Å². The second kappa shape index (κ2) is 36.4.